The van der Waals surface area contributed by atoms with Gasteiger partial charge in [0, 0.05) is 152 Å². The summed E-state index contributed by atoms with van der Waals surface area (Å²) in [6.45, 7) is 9.31. The maximum absolute atomic E-state index is 13.5. The fourth-order valence-electron chi connectivity index (χ4n) is 17.9. The Morgan fingerprint density at radius 2 is 0.797 bits per heavy atom. The van der Waals surface area contributed by atoms with Crippen molar-refractivity contribution in [2.24, 2.45) is 0 Å². The van der Waals surface area contributed by atoms with E-state index in [4.69, 9.17) is 102 Å². The van der Waals surface area contributed by atoms with Crippen LogP contribution in [0.25, 0.3) is 11.0 Å². The molecule has 8 atom stereocenters. The number of aromatic nitrogens is 2. The molecule has 118 heavy (non-hydrogen) atoms. The maximum Gasteiger partial charge on any atom is 0.387 e. The van der Waals surface area contributed by atoms with Crippen LogP contribution in [0.2, 0.25) is 40.2 Å². The van der Waals surface area contributed by atoms with E-state index in [9.17, 15) is 36.7 Å². The molecule has 0 radical (unpaired) electrons. The van der Waals surface area contributed by atoms with Gasteiger partial charge in [0.1, 0.15) is 34.5 Å². The molecule has 17 nitrogen and oxygen atoms in total. The van der Waals surface area contributed by atoms with E-state index in [2.05, 4.69) is 68.4 Å². The van der Waals surface area contributed by atoms with Gasteiger partial charge in [-0.15, -0.1) is 0 Å². The van der Waals surface area contributed by atoms with Crippen molar-refractivity contribution in [3.05, 3.63) is 253 Å². The van der Waals surface area contributed by atoms with Crippen molar-refractivity contribution in [1.82, 2.24) is 49.2 Å². The predicted molar refractivity (Wildman–Crippen MR) is 462 cm³/mol. The number of benzene rings is 7. The second-order valence-electron chi connectivity index (χ2n) is 31.1. The number of carbonyl (C=O) groups is 4. The topological polar surface area (TPSA) is 151 Å². The first-order chi connectivity index (χ1) is 56.9. The van der Waals surface area contributed by atoms with E-state index in [0.29, 0.717) is 129 Å². The SMILES string of the molecule is COc1cccc(C(=O)N2CCN3CC(c4ccc(Cl)c(Cl)c4)CCC3C2)c1Br.COc1cccc(C(=O)N2CCN3CC(c4ccc(F)c(Cl)c4)CCC3C2)c1Cl.O=C(c1cccc(OC(F)F)c1Cl)N1CCN2CC(c3ccc(F)c(Cl)c3)CCC2C1.O=C(c1cnc2[nH]ccc2c1Cl)N1CCN2C[C@@H](c3ccc(Cl)cc3)CC[C@@H]2C1. The molecular formula is C88H89BrCl8F4N10O7. The van der Waals surface area contributed by atoms with Crippen LogP contribution in [0.15, 0.2) is 156 Å². The van der Waals surface area contributed by atoms with Crippen LogP contribution < -0.4 is 14.2 Å². The van der Waals surface area contributed by atoms with Gasteiger partial charge in [-0.1, -0.05) is 141 Å². The monoisotopic (exact) mass is 1830 g/mol. The van der Waals surface area contributed by atoms with Crippen LogP contribution in [0.5, 0.6) is 17.2 Å². The molecule has 10 heterocycles. The zero-order valence-corrected chi connectivity index (χ0v) is 72.5. The summed E-state index contributed by atoms with van der Waals surface area (Å²) in [6.07, 6.45) is 11.5. The molecule has 7 aromatic carbocycles. The first kappa shape index (κ1) is 87.2. The molecule has 0 aliphatic carbocycles. The van der Waals surface area contributed by atoms with E-state index < -0.39 is 12.4 Å². The van der Waals surface area contributed by atoms with Crippen LogP contribution in [0, 0.1) is 11.6 Å². The molecule has 30 heteroatoms. The lowest BCUT2D eigenvalue weighted by molar-refractivity contribution is -0.0498. The zero-order chi connectivity index (χ0) is 83.2. The lowest BCUT2D eigenvalue weighted by Gasteiger charge is -2.46. The fourth-order valence-corrected chi connectivity index (χ4v) is 20.1. The molecule has 6 unspecified atom stereocenters. The molecule has 2 aromatic heterocycles. The third-order valence-electron chi connectivity index (χ3n) is 24.4. The number of nitrogens with one attached hydrogen (secondary N) is 1. The van der Waals surface area contributed by atoms with Crippen LogP contribution in [0.3, 0.4) is 0 Å². The van der Waals surface area contributed by atoms with Crippen LogP contribution in [-0.2, 0) is 0 Å². The molecule has 9 aromatic rings. The largest absolute Gasteiger partial charge is 0.496 e. The Morgan fingerprint density at radius 3 is 1.23 bits per heavy atom. The zero-order valence-electron chi connectivity index (χ0n) is 64.9. The number of rotatable bonds is 12. The molecule has 17 rings (SSSR count). The molecule has 0 bridgehead atoms. The maximum atomic E-state index is 13.5. The molecule has 1 N–H and O–H groups in total. The van der Waals surface area contributed by atoms with Crippen molar-refractivity contribution in [2.75, 3.05) is 119 Å². The number of piperidine rings is 4. The van der Waals surface area contributed by atoms with E-state index in [1.165, 1.54) is 41.5 Å². The first-order valence-corrected chi connectivity index (χ1v) is 43.4. The number of carbonyl (C=O) groups excluding carboxylic acids is 4. The number of nitrogens with zero attached hydrogens (tertiary/aromatic N) is 9. The summed E-state index contributed by atoms with van der Waals surface area (Å²) in [7, 11) is 3.15. The summed E-state index contributed by atoms with van der Waals surface area (Å²) in [5, 5.41) is 3.83. The number of halogens is 13. The highest BCUT2D eigenvalue weighted by atomic mass is 79.9. The Kier molecular flexibility index (Phi) is 29.1. The second kappa shape index (κ2) is 39.4. The van der Waals surface area contributed by atoms with Crippen molar-refractivity contribution >= 4 is 143 Å². The molecule has 8 saturated heterocycles. The Morgan fingerprint density at radius 1 is 0.415 bits per heavy atom. The van der Waals surface area contributed by atoms with Crippen molar-refractivity contribution in [3.63, 3.8) is 0 Å². The fraction of sp³-hybridized carbons (Fsp3) is 0.398. The highest BCUT2D eigenvalue weighted by molar-refractivity contribution is 9.10. The number of hydrogen-bond acceptors (Lipinski definition) is 12. The first-order valence-electron chi connectivity index (χ1n) is 39.6. The van der Waals surface area contributed by atoms with Crippen molar-refractivity contribution in [3.8, 4) is 17.2 Å². The van der Waals surface area contributed by atoms with Gasteiger partial charge in [0.2, 0.25) is 0 Å². The molecule has 8 aliphatic rings. The van der Waals surface area contributed by atoms with Gasteiger partial charge in [-0.05, 0) is 204 Å². The van der Waals surface area contributed by atoms with Gasteiger partial charge >= 0.3 is 6.61 Å². The Hall–Kier alpha value is -7.13. The van der Waals surface area contributed by atoms with E-state index in [1.807, 2.05) is 69.3 Å². The third kappa shape index (κ3) is 20.1. The molecule has 4 amide bonds. The molecule has 8 fully saturated rings. The van der Waals surface area contributed by atoms with Crippen molar-refractivity contribution in [2.45, 2.75) is 106 Å². The number of amides is 4. The van der Waals surface area contributed by atoms with E-state index in [1.54, 1.807) is 67.9 Å². The summed E-state index contributed by atoms with van der Waals surface area (Å²) in [5.74, 6) is 1.43. The Bertz CT molecular complexity index is 4970. The van der Waals surface area contributed by atoms with E-state index >= 15 is 0 Å². The predicted octanol–water partition coefficient (Wildman–Crippen LogP) is 20.3. The number of methoxy groups -OCH3 is 2. The van der Waals surface area contributed by atoms with Gasteiger partial charge < -0.3 is 38.8 Å². The summed E-state index contributed by atoms with van der Waals surface area (Å²) < 4.78 is 67.8. The average molecular weight is 1840 g/mol. The van der Waals surface area contributed by atoms with Crippen LogP contribution in [-0.4, -0.2) is 223 Å². The van der Waals surface area contributed by atoms with Crippen molar-refractivity contribution < 1.29 is 51.0 Å². The van der Waals surface area contributed by atoms with Gasteiger partial charge in [-0.2, -0.15) is 8.78 Å². The quantitative estimate of drug-likeness (QED) is 0.116. The highest BCUT2D eigenvalue weighted by Crippen LogP contribution is 2.42. The summed E-state index contributed by atoms with van der Waals surface area (Å²) in [6, 6.07) is 42.4. The van der Waals surface area contributed by atoms with Gasteiger partial charge in [-0.3, -0.25) is 38.8 Å². The van der Waals surface area contributed by atoms with Crippen molar-refractivity contribution in [1.29, 1.82) is 0 Å². The molecule has 8 aliphatic heterocycles. The van der Waals surface area contributed by atoms with E-state index in [-0.39, 0.29) is 67.8 Å². The molecule has 0 saturated carbocycles. The van der Waals surface area contributed by atoms with Gasteiger partial charge in [0.05, 0.1) is 76.1 Å². The summed E-state index contributed by atoms with van der Waals surface area (Å²) >= 11 is 52.8. The summed E-state index contributed by atoms with van der Waals surface area (Å²) in [5.41, 5.74) is 7.18. The minimum absolute atomic E-state index is 0.0231. The van der Waals surface area contributed by atoms with Crippen LogP contribution >= 0.6 is 109 Å². The number of pyridine rings is 1. The number of ether oxygens (including phenoxy) is 3. The lowest BCUT2D eigenvalue weighted by atomic mass is 9.86. The smallest absolute Gasteiger partial charge is 0.387 e. The number of aromatic amines is 1. The standard InChI is InChI=1S/C22H23BrCl2N2O2.C22H21Cl2F3N2O2.C22H23Cl2FN2O2.C22H22Cl2N4O/c1-29-20-4-2-3-17(21(20)23)22(28)27-10-9-26-12-15(5-7-16(26)13-27)14-6-8-18(24)19(25)11-14;23-17-10-13(5-7-18(17)25)14-4-6-15-12-29(9-8-28(15)11-14)21(30)16-2-1-3-19(20(16)24)31-22(26)27;1-29-20-4-2-3-17(21(20)24)22(28)27-10-9-26-12-15(5-7-16(26)13-27)14-6-8-19(25)18(23)11-14;23-16-4-1-14(2-5-16)15-3-6-17-13-28(10-9-27(17)12-15)22(29)19-11-26-21-18(20(19)24)7-8-25-21/h2-4,6,8,11,15-16H,5,7,9-10,12-13H2,1H3;1-3,5,7,10,14-15,22H,4,6,8-9,11-12H2;2-4,6,8,11,15-16H,5,7,9-10,12-13H2,1H3;1-2,4-5,7-8,11,15,17H,3,6,9-10,12-13H2,(H,25,26)/t;;;15-,17+/m...0/s1. The van der Waals surface area contributed by atoms with Gasteiger partial charge in [0.25, 0.3) is 23.6 Å². The number of H-pyrrole nitrogens is 1. The van der Waals surface area contributed by atoms with Gasteiger partial charge in [-0.25, -0.2) is 13.8 Å². The molecular weight excluding hydrogens is 1750 g/mol. The number of fused-ring (bicyclic) bond motifs is 5. The highest BCUT2D eigenvalue weighted by Gasteiger charge is 2.41. The summed E-state index contributed by atoms with van der Waals surface area (Å²) in [4.78, 5) is 77.0. The third-order valence-corrected chi connectivity index (χ3v) is 27.9. The molecule has 624 valence electrons. The lowest BCUT2D eigenvalue weighted by Crippen LogP contribution is -2.57. The number of alkyl halides is 2. The normalized spacial score (nSPS) is 22.2. The van der Waals surface area contributed by atoms with Gasteiger partial charge in [0.15, 0.2) is 0 Å². The van der Waals surface area contributed by atoms with Crippen LogP contribution in [0.1, 0.15) is 139 Å². The minimum Gasteiger partial charge on any atom is -0.496 e. The minimum atomic E-state index is -3.02. The Balaban J connectivity index is 0.000000129. The Labute approximate surface area is 732 Å². The second-order valence-corrected chi connectivity index (χ2v) is 35.1. The number of piperazine rings is 4. The van der Waals surface area contributed by atoms with E-state index in [0.717, 1.165) is 143 Å². The molecule has 0 spiro atoms. The number of hydrogen-bond donors (Lipinski definition) is 1. The van der Waals surface area contributed by atoms with Crippen LogP contribution in [0.4, 0.5) is 17.6 Å². The average Bonchev–Trinajstić information content (AvgIpc) is 1.13.